The van der Waals surface area contributed by atoms with Crippen LogP contribution in [-0.2, 0) is 4.57 Å². The summed E-state index contributed by atoms with van der Waals surface area (Å²) in [6.45, 7) is 4.28. The first-order valence-corrected chi connectivity index (χ1v) is 11.0. The van der Waals surface area contributed by atoms with E-state index in [0.29, 0.717) is 6.16 Å². The van der Waals surface area contributed by atoms with Gasteiger partial charge in [-0.1, -0.05) is 91.0 Å². The second-order valence-electron chi connectivity index (χ2n) is 6.79. The molecule has 0 aromatic heterocycles. The van der Waals surface area contributed by atoms with Crippen LogP contribution in [-0.4, -0.2) is 12.2 Å². The van der Waals surface area contributed by atoms with Gasteiger partial charge in [0.25, 0.3) is 0 Å². The van der Waals surface area contributed by atoms with E-state index in [2.05, 4.69) is 43.4 Å². The van der Waals surface area contributed by atoms with Crippen LogP contribution in [0.2, 0.25) is 0 Å². The molecule has 26 heavy (non-hydrogen) atoms. The maximum Gasteiger partial charge on any atom is 0.144 e. The zero-order chi connectivity index (χ0) is 18.4. The van der Waals surface area contributed by atoms with Gasteiger partial charge in [0.1, 0.15) is 7.14 Å². The molecule has 3 aromatic rings. The minimum Gasteiger partial charge on any atom is -0.314 e. The highest BCUT2D eigenvalue weighted by Crippen LogP contribution is 2.44. The van der Waals surface area contributed by atoms with Crippen LogP contribution in [0.3, 0.4) is 0 Å². The highest BCUT2D eigenvalue weighted by atomic mass is 31.2. The van der Waals surface area contributed by atoms with Crippen molar-refractivity contribution in [2.45, 2.75) is 25.9 Å². The molecule has 0 amide bonds. The Morgan fingerprint density at radius 3 is 1.62 bits per heavy atom. The molecule has 3 heteroatoms. The molecule has 3 rings (SSSR count). The van der Waals surface area contributed by atoms with Crippen molar-refractivity contribution in [3.63, 3.8) is 0 Å². The minimum atomic E-state index is -2.69. The molecule has 2 atom stereocenters. The van der Waals surface area contributed by atoms with E-state index in [1.807, 2.05) is 66.7 Å². The Kier molecular flexibility index (Phi) is 6.08. The fraction of sp³-hybridized carbons (Fsp3) is 0.217. The monoisotopic (exact) mass is 363 g/mol. The zero-order valence-corrected chi connectivity index (χ0v) is 16.3. The Morgan fingerprint density at radius 1 is 0.731 bits per heavy atom. The molecule has 0 fully saturated rings. The molecule has 3 aromatic carbocycles. The minimum absolute atomic E-state index is 0.122. The number of rotatable bonds is 7. The van der Waals surface area contributed by atoms with Crippen molar-refractivity contribution in [1.29, 1.82) is 0 Å². The molecule has 0 saturated carbocycles. The standard InChI is InChI=1S/C23H26NOP/c1-19(24-20(2)21-12-6-3-7-13-21)18-26(25,22-14-8-4-9-15-22)23-16-10-5-11-17-23/h3-17,19-20,24H,18H2,1-2H3/t19-,20-/m0/s1. The van der Waals surface area contributed by atoms with Gasteiger partial charge >= 0.3 is 0 Å². The number of benzene rings is 3. The highest BCUT2D eigenvalue weighted by Gasteiger charge is 2.29. The molecule has 0 saturated heterocycles. The third-order valence-corrected chi connectivity index (χ3v) is 8.04. The first kappa shape index (κ1) is 18.6. The third kappa shape index (κ3) is 4.33. The van der Waals surface area contributed by atoms with Crippen molar-refractivity contribution in [1.82, 2.24) is 5.32 Å². The van der Waals surface area contributed by atoms with Crippen LogP contribution in [0.15, 0.2) is 91.0 Å². The van der Waals surface area contributed by atoms with E-state index in [9.17, 15) is 4.57 Å². The van der Waals surface area contributed by atoms with Crippen molar-refractivity contribution >= 4 is 17.8 Å². The van der Waals surface area contributed by atoms with Gasteiger partial charge in [0, 0.05) is 28.9 Å². The van der Waals surface area contributed by atoms with Gasteiger partial charge in [-0.15, -0.1) is 0 Å². The Morgan fingerprint density at radius 2 is 1.15 bits per heavy atom. The summed E-state index contributed by atoms with van der Waals surface area (Å²) in [5.74, 6) is 0. The Hall–Kier alpha value is -2.15. The second-order valence-corrected chi connectivity index (χ2v) is 9.67. The highest BCUT2D eigenvalue weighted by molar-refractivity contribution is 7.78. The molecule has 0 heterocycles. The predicted octanol–water partition coefficient (Wildman–Crippen LogP) is 4.74. The largest absolute Gasteiger partial charge is 0.314 e. The van der Waals surface area contributed by atoms with Crippen LogP contribution in [0.25, 0.3) is 0 Å². The van der Waals surface area contributed by atoms with E-state index < -0.39 is 7.14 Å². The van der Waals surface area contributed by atoms with Crippen LogP contribution in [0.1, 0.15) is 25.5 Å². The third-order valence-electron chi connectivity index (χ3n) is 4.71. The molecule has 0 aliphatic heterocycles. The lowest BCUT2D eigenvalue weighted by molar-refractivity contribution is 0.502. The molecule has 0 bridgehead atoms. The first-order chi connectivity index (χ1) is 12.6. The molecule has 2 nitrogen and oxygen atoms in total. The lowest BCUT2D eigenvalue weighted by Gasteiger charge is -2.26. The molecular weight excluding hydrogens is 337 g/mol. The summed E-state index contributed by atoms with van der Waals surface area (Å²) in [7, 11) is -2.69. The van der Waals surface area contributed by atoms with Gasteiger partial charge in [0.15, 0.2) is 0 Å². The summed E-state index contributed by atoms with van der Waals surface area (Å²) in [6, 6.07) is 30.5. The van der Waals surface area contributed by atoms with E-state index in [0.717, 1.165) is 10.6 Å². The summed E-state index contributed by atoms with van der Waals surface area (Å²) in [4.78, 5) is 0. The topological polar surface area (TPSA) is 29.1 Å². The van der Waals surface area contributed by atoms with Crippen LogP contribution in [0.4, 0.5) is 0 Å². The molecule has 1 N–H and O–H groups in total. The maximum absolute atomic E-state index is 14.1. The van der Waals surface area contributed by atoms with Crippen molar-refractivity contribution in [3.8, 4) is 0 Å². The van der Waals surface area contributed by atoms with E-state index in [1.54, 1.807) is 0 Å². The first-order valence-electron chi connectivity index (χ1n) is 9.11. The van der Waals surface area contributed by atoms with Crippen molar-refractivity contribution in [2.75, 3.05) is 6.16 Å². The SMILES string of the molecule is C[C@H](N[C@@H](C)CP(=O)(c1ccccc1)c1ccccc1)c1ccccc1. The molecule has 0 radical (unpaired) electrons. The Bertz CT molecular complexity index is 806. The van der Waals surface area contributed by atoms with Crippen LogP contribution >= 0.6 is 7.14 Å². The Balaban J connectivity index is 1.84. The molecular formula is C23H26NOP. The molecule has 0 aliphatic carbocycles. The van der Waals surface area contributed by atoms with Crippen molar-refractivity contribution in [2.24, 2.45) is 0 Å². The predicted molar refractivity (Wildman–Crippen MR) is 112 cm³/mol. The van der Waals surface area contributed by atoms with Gasteiger partial charge < -0.3 is 9.88 Å². The van der Waals surface area contributed by atoms with E-state index in [1.165, 1.54) is 5.56 Å². The molecule has 0 unspecified atom stereocenters. The van der Waals surface area contributed by atoms with Gasteiger partial charge in [0.05, 0.1) is 0 Å². The quantitative estimate of drug-likeness (QED) is 0.614. The van der Waals surface area contributed by atoms with Crippen molar-refractivity contribution < 1.29 is 4.57 Å². The van der Waals surface area contributed by atoms with E-state index in [4.69, 9.17) is 0 Å². The van der Waals surface area contributed by atoms with Gasteiger partial charge in [-0.3, -0.25) is 0 Å². The zero-order valence-electron chi connectivity index (χ0n) is 15.4. The van der Waals surface area contributed by atoms with E-state index in [-0.39, 0.29) is 12.1 Å². The second kappa shape index (κ2) is 8.49. The summed E-state index contributed by atoms with van der Waals surface area (Å²) < 4.78 is 14.1. The summed E-state index contributed by atoms with van der Waals surface area (Å²) in [5, 5.41) is 5.47. The van der Waals surface area contributed by atoms with Crippen LogP contribution in [0, 0.1) is 0 Å². The van der Waals surface area contributed by atoms with Crippen LogP contribution in [0.5, 0.6) is 0 Å². The van der Waals surface area contributed by atoms with Crippen molar-refractivity contribution in [3.05, 3.63) is 96.6 Å². The summed E-state index contributed by atoms with van der Waals surface area (Å²) in [6.07, 6.45) is 0.595. The number of nitrogens with one attached hydrogen (secondary N) is 1. The fourth-order valence-electron chi connectivity index (χ4n) is 3.40. The maximum atomic E-state index is 14.1. The van der Waals surface area contributed by atoms with Gasteiger partial charge in [-0.05, 0) is 19.4 Å². The average molecular weight is 363 g/mol. The normalized spacial score (nSPS) is 13.9. The lowest BCUT2D eigenvalue weighted by Crippen LogP contribution is -2.35. The summed E-state index contributed by atoms with van der Waals surface area (Å²) in [5.41, 5.74) is 1.24. The number of hydrogen-bond acceptors (Lipinski definition) is 2. The number of hydrogen-bond donors (Lipinski definition) is 1. The average Bonchev–Trinajstić information content (AvgIpc) is 2.70. The smallest absolute Gasteiger partial charge is 0.144 e. The van der Waals surface area contributed by atoms with E-state index >= 15 is 0 Å². The molecule has 0 spiro atoms. The van der Waals surface area contributed by atoms with Crippen LogP contribution < -0.4 is 15.9 Å². The lowest BCUT2D eigenvalue weighted by atomic mass is 10.1. The molecule has 0 aliphatic rings. The van der Waals surface area contributed by atoms with Gasteiger partial charge in [0.2, 0.25) is 0 Å². The Labute approximate surface area is 156 Å². The fourth-order valence-corrected chi connectivity index (χ4v) is 6.30. The summed E-state index contributed by atoms with van der Waals surface area (Å²) >= 11 is 0. The molecule has 134 valence electrons. The van der Waals surface area contributed by atoms with Gasteiger partial charge in [-0.25, -0.2) is 0 Å². The van der Waals surface area contributed by atoms with Gasteiger partial charge in [-0.2, -0.15) is 0 Å².